The summed E-state index contributed by atoms with van der Waals surface area (Å²) in [5.74, 6) is 0. The van der Waals surface area contributed by atoms with Gasteiger partial charge in [0, 0.05) is 0 Å². The number of aryl methyl sites for hydroxylation is 1. The van der Waals surface area contributed by atoms with E-state index in [0.717, 1.165) is 12.0 Å². The summed E-state index contributed by atoms with van der Waals surface area (Å²) in [5, 5.41) is 0. The van der Waals surface area contributed by atoms with Gasteiger partial charge in [0.25, 0.3) is 10.1 Å². The van der Waals surface area contributed by atoms with Crippen LogP contribution in [0.2, 0.25) is 0 Å². The average Bonchev–Trinajstić information content (AvgIpc) is 2.47. The fourth-order valence-corrected chi connectivity index (χ4v) is 3.70. The van der Waals surface area contributed by atoms with Crippen molar-refractivity contribution in [2.75, 3.05) is 0 Å². The Labute approximate surface area is 135 Å². The zero-order valence-electron chi connectivity index (χ0n) is 14.3. The van der Waals surface area contributed by atoms with Crippen molar-refractivity contribution in [3.63, 3.8) is 0 Å². The Bertz CT molecular complexity index is 604. The maximum atomic E-state index is 12.5. The Morgan fingerprint density at radius 1 is 1.14 bits per heavy atom. The monoisotopic (exact) mass is 324 g/mol. The summed E-state index contributed by atoms with van der Waals surface area (Å²) < 4.78 is 30.7. The molecule has 0 aliphatic carbocycles. The first-order valence-electron chi connectivity index (χ1n) is 7.75. The molecule has 0 aliphatic rings. The molecule has 22 heavy (non-hydrogen) atoms. The van der Waals surface area contributed by atoms with Crippen molar-refractivity contribution < 1.29 is 12.6 Å². The van der Waals surface area contributed by atoms with Crippen LogP contribution in [0, 0.1) is 12.3 Å². The topological polar surface area (TPSA) is 43.4 Å². The molecule has 3 nitrogen and oxygen atoms in total. The molecular formula is C18H28O3S. The first-order valence-corrected chi connectivity index (χ1v) is 9.16. The lowest BCUT2D eigenvalue weighted by Gasteiger charge is -2.36. The molecule has 0 radical (unpaired) electrons. The fourth-order valence-electron chi connectivity index (χ4n) is 2.43. The van der Waals surface area contributed by atoms with Gasteiger partial charge in [-0.1, -0.05) is 44.5 Å². The van der Waals surface area contributed by atoms with E-state index in [1.165, 1.54) is 0 Å². The standard InChI is InChI=1S/C18H28O3S/c1-7-17(5,8-2)14-18(6,9-3)21-22(19,20)16-12-10-15(4)11-13-16/h7,10-13H,1,8-9,14H2,2-6H3. The summed E-state index contributed by atoms with van der Waals surface area (Å²) >= 11 is 0. The van der Waals surface area contributed by atoms with E-state index in [1.807, 2.05) is 26.8 Å². The Hall–Kier alpha value is -1.13. The molecule has 0 saturated carbocycles. The predicted octanol–water partition coefficient (Wildman–Crippen LogP) is 4.86. The Kier molecular flexibility index (Phi) is 5.99. The van der Waals surface area contributed by atoms with E-state index in [4.69, 9.17) is 4.18 Å². The molecule has 4 heteroatoms. The third kappa shape index (κ3) is 4.68. The third-order valence-electron chi connectivity index (χ3n) is 4.45. The molecule has 2 unspecified atom stereocenters. The van der Waals surface area contributed by atoms with Crippen LogP contribution >= 0.6 is 0 Å². The minimum atomic E-state index is -3.77. The summed E-state index contributed by atoms with van der Waals surface area (Å²) in [6, 6.07) is 6.74. The molecule has 124 valence electrons. The van der Waals surface area contributed by atoms with E-state index in [0.29, 0.717) is 12.8 Å². The average molecular weight is 324 g/mol. The van der Waals surface area contributed by atoms with E-state index in [-0.39, 0.29) is 10.3 Å². The molecule has 0 fully saturated rings. The van der Waals surface area contributed by atoms with Gasteiger partial charge in [0.1, 0.15) is 0 Å². The quantitative estimate of drug-likeness (QED) is 0.506. The molecule has 0 bridgehead atoms. The smallest absolute Gasteiger partial charge is 0.260 e. The highest BCUT2D eigenvalue weighted by atomic mass is 32.2. The number of hydrogen-bond donors (Lipinski definition) is 0. The van der Waals surface area contributed by atoms with Crippen molar-refractivity contribution in [2.45, 2.75) is 64.4 Å². The second-order valence-electron chi connectivity index (χ2n) is 6.54. The number of hydrogen-bond acceptors (Lipinski definition) is 3. The molecule has 1 aromatic carbocycles. The molecule has 0 spiro atoms. The first-order chi connectivity index (χ1) is 10.1. The lowest BCUT2D eigenvalue weighted by Crippen LogP contribution is -2.36. The van der Waals surface area contributed by atoms with Crippen molar-refractivity contribution in [3.05, 3.63) is 42.5 Å². The van der Waals surface area contributed by atoms with E-state index in [1.54, 1.807) is 24.3 Å². The van der Waals surface area contributed by atoms with E-state index >= 15 is 0 Å². The summed E-state index contributed by atoms with van der Waals surface area (Å²) in [7, 11) is -3.77. The van der Waals surface area contributed by atoms with Gasteiger partial charge in [-0.05, 0) is 50.7 Å². The number of benzene rings is 1. The van der Waals surface area contributed by atoms with Crippen molar-refractivity contribution >= 4 is 10.1 Å². The summed E-state index contributed by atoms with van der Waals surface area (Å²) in [6.07, 6.45) is 4.01. The van der Waals surface area contributed by atoms with Crippen molar-refractivity contribution in [1.82, 2.24) is 0 Å². The Morgan fingerprint density at radius 3 is 2.09 bits per heavy atom. The van der Waals surface area contributed by atoms with Gasteiger partial charge in [0.2, 0.25) is 0 Å². The Balaban J connectivity index is 3.06. The number of allylic oxidation sites excluding steroid dienone is 1. The van der Waals surface area contributed by atoms with Crippen LogP contribution in [0.5, 0.6) is 0 Å². The van der Waals surface area contributed by atoms with Gasteiger partial charge in [0.15, 0.2) is 0 Å². The van der Waals surface area contributed by atoms with Crippen LogP contribution in [0.25, 0.3) is 0 Å². The van der Waals surface area contributed by atoms with Crippen LogP contribution in [-0.2, 0) is 14.3 Å². The van der Waals surface area contributed by atoms with E-state index < -0.39 is 15.7 Å². The van der Waals surface area contributed by atoms with Crippen LogP contribution < -0.4 is 0 Å². The van der Waals surface area contributed by atoms with Crippen molar-refractivity contribution in [2.24, 2.45) is 5.41 Å². The molecule has 0 heterocycles. The van der Waals surface area contributed by atoms with Gasteiger partial charge < -0.3 is 0 Å². The van der Waals surface area contributed by atoms with Gasteiger partial charge in [-0.2, -0.15) is 8.42 Å². The molecule has 0 aliphatic heterocycles. The molecular weight excluding hydrogens is 296 g/mol. The van der Waals surface area contributed by atoms with Gasteiger partial charge in [-0.15, -0.1) is 6.58 Å². The predicted molar refractivity (Wildman–Crippen MR) is 91.4 cm³/mol. The lowest BCUT2D eigenvalue weighted by molar-refractivity contribution is 0.0492. The van der Waals surface area contributed by atoms with Gasteiger partial charge >= 0.3 is 0 Å². The third-order valence-corrected chi connectivity index (χ3v) is 5.92. The summed E-state index contributed by atoms with van der Waals surface area (Å²) in [4.78, 5) is 0.203. The van der Waals surface area contributed by atoms with E-state index in [2.05, 4.69) is 20.4 Å². The van der Waals surface area contributed by atoms with Crippen LogP contribution in [0.3, 0.4) is 0 Å². The van der Waals surface area contributed by atoms with Crippen LogP contribution in [-0.4, -0.2) is 14.0 Å². The SMILES string of the molecule is C=CC(C)(CC)CC(C)(CC)OS(=O)(=O)c1ccc(C)cc1. The summed E-state index contributed by atoms with van der Waals surface area (Å²) in [6.45, 7) is 13.8. The molecule has 1 aromatic rings. The minimum Gasteiger partial charge on any atom is -0.260 e. The van der Waals surface area contributed by atoms with Gasteiger partial charge in [-0.25, -0.2) is 0 Å². The van der Waals surface area contributed by atoms with Crippen LogP contribution in [0.15, 0.2) is 41.8 Å². The number of rotatable bonds is 8. The van der Waals surface area contributed by atoms with E-state index in [9.17, 15) is 8.42 Å². The maximum Gasteiger partial charge on any atom is 0.297 e. The maximum absolute atomic E-state index is 12.5. The second-order valence-corrected chi connectivity index (χ2v) is 8.09. The highest BCUT2D eigenvalue weighted by Gasteiger charge is 2.36. The second kappa shape index (κ2) is 6.97. The van der Waals surface area contributed by atoms with Gasteiger partial charge in [0.05, 0.1) is 10.5 Å². The largest absolute Gasteiger partial charge is 0.297 e. The molecule has 0 saturated heterocycles. The highest BCUT2D eigenvalue weighted by Crippen LogP contribution is 2.38. The molecule has 0 aromatic heterocycles. The van der Waals surface area contributed by atoms with Gasteiger partial charge in [-0.3, -0.25) is 4.18 Å². The normalized spacial score (nSPS) is 17.5. The van der Waals surface area contributed by atoms with Crippen molar-refractivity contribution in [1.29, 1.82) is 0 Å². The zero-order chi connectivity index (χ0) is 17.0. The Morgan fingerprint density at radius 2 is 1.68 bits per heavy atom. The minimum absolute atomic E-state index is 0.145. The van der Waals surface area contributed by atoms with Crippen molar-refractivity contribution in [3.8, 4) is 0 Å². The highest BCUT2D eigenvalue weighted by molar-refractivity contribution is 7.86. The molecule has 1 rings (SSSR count). The first kappa shape index (κ1) is 18.9. The van der Waals surface area contributed by atoms with Crippen LogP contribution in [0.1, 0.15) is 52.5 Å². The fraction of sp³-hybridized carbons (Fsp3) is 0.556. The summed E-state index contributed by atoms with van der Waals surface area (Å²) in [5.41, 5.74) is 0.123. The molecule has 2 atom stereocenters. The molecule has 0 amide bonds. The zero-order valence-corrected chi connectivity index (χ0v) is 15.2. The molecule has 0 N–H and O–H groups in total. The lowest BCUT2D eigenvalue weighted by atomic mass is 9.77. The van der Waals surface area contributed by atoms with Crippen LogP contribution in [0.4, 0.5) is 0 Å².